The number of allylic oxidation sites excluding steroid dienone is 1. The number of nitrogens with zero attached hydrogens (tertiary/aromatic N) is 2. The summed E-state index contributed by atoms with van der Waals surface area (Å²) in [4.78, 5) is 15.9. The lowest BCUT2D eigenvalue weighted by Crippen LogP contribution is -2.19. The van der Waals surface area contributed by atoms with Crippen LogP contribution in [0.1, 0.15) is 27.2 Å². The summed E-state index contributed by atoms with van der Waals surface area (Å²) in [6.45, 7) is 0.169. The summed E-state index contributed by atoms with van der Waals surface area (Å²) in [6, 6.07) is 15.0. The second-order valence-electron chi connectivity index (χ2n) is 7.07. The molecular formula is C24H19F2N3O2. The van der Waals surface area contributed by atoms with Gasteiger partial charge in [-0.1, -0.05) is 48.6 Å². The van der Waals surface area contributed by atoms with Crippen LogP contribution in [-0.4, -0.2) is 20.7 Å². The molecule has 1 amide bonds. The van der Waals surface area contributed by atoms with Crippen LogP contribution in [0.5, 0.6) is 0 Å². The van der Waals surface area contributed by atoms with Crippen molar-refractivity contribution in [3.8, 4) is 0 Å². The lowest BCUT2D eigenvalue weighted by Gasteiger charge is -2.07. The van der Waals surface area contributed by atoms with Crippen molar-refractivity contribution in [3.63, 3.8) is 0 Å². The van der Waals surface area contributed by atoms with Crippen LogP contribution in [-0.2, 0) is 13.0 Å². The Balaban J connectivity index is 1.73. The lowest BCUT2D eigenvalue weighted by molar-refractivity contribution is 0.0701. The van der Waals surface area contributed by atoms with Gasteiger partial charge in [-0.2, -0.15) is 0 Å². The average Bonchev–Trinajstić information content (AvgIpc) is 3.12. The molecule has 156 valence electrons. The first-order valence-corrected chi connectivity index (χ1v) is 9.63. The Bertz CT molecular complexity index is 1270. The van der Waals surface area contributed by atoms with Crippen molar-refractivity contribution in [2.75, 3.05) is 0 Å². The predicted octanol–water partition coefficient (Wildman–Crippen LogP) is 4.74. The van der Waals surface area contributed by atoms with Crippen molar-refractivity contribution in [2.24, 2.45) is 0 Å². The maximum Gasteiger partial charge on any atom is 0.293 e. The van der Waals surface area contributed by atoms with Crippen molar-refractivity contribution in [1.82, 2.24) is 15.0 Å². The van der Waals surface area contributed by atoms with E-state index in [1.54, 1.807) is 16.1 Å². The molecule has 7 heteroatoms. The van der Waals surface area contributed by atoms with E-state index >= 15 is 0 Å². The number of fused-ring (bicyclic) bond motifs is 1. The van der Waals surface area contributed by atoms with Gasteiger partial charge in [0, 0.05) is 23.2 Å². The number of nitrogens with one attached hydrogen (secondary N) is 1. The topological polar surface area (TPSA) is 67.2 Å². The van der Waals surface area contributed by atoms with Crippen LogP contribution in [0.25, 0.3) is 17.0 Å². The van der Waals surface area contributed by atoms with E-state index in [0.29, 0.717) is 11.1 Å². The quantitative estimate of drug-likeness (QED) is 0.351. The summed E-state index contributed by atoms with van der Waals surface area (Å²) in [5, 5.41) is 9.64. The molecule has 0 aliphatic rings. The number of carbonyl (C=O) groups is 1. The zero-order valence-corrected chi connectivity index (χ0v) is 16.4. The second kappa shape index (κ2) is 8.89. The highest BCUT2D eigenvalue weighted by molar-refractivity contribution is 5.97. The number of halogens is 2. The lowest BCUT2D eigenvalue weighted by atomic mass is 10.1. The number of benzene rings is 2. The SMILES string of the molecule is O=C(NO)c1cc2c(/C=C/Cc3ccccc3)cn(Cc3ccc(F)cc3F)c2cn1. The summed E-state index contributed by atoms with van der Waals surface area (Å²) in [6.07, 6.45) is 7.97. The van der Waals surface area contributed by atoms with Gasteiger partial charge in [-0.25, -0.2) is 19.2 Å². The number of hydrogen-bond donors (Lipinski definition) is 2. The van der Waals surface area contributed by atoms with E-state index in [0.717, 1.165) is 29.0 Å². The maximum absolute atomic E-state index is 14.2. The van der Waals surface area contributed by atoms with E-state index in [-0.39, 0.29) is 12.2 Å². The molecule has 2 aromatic carbocycles. The first-order valence-electron chi connectivity index (χ1n) is 9.63. The fourth-order valence-corrected chi connectivity index (χ4v) is 3.43. The fraction of sp³-hybridized carbons (Fsp3) is 0.0833. The third kappa shape index (κ3) is 4.51. The molecular weight excluding hydrogens is 400 g/mol. The third-order valence-electron chi connectivity index (χ3n) is 4.98. The zero-order chi connectivity index (χ0) is 21.8. The molecule has 0 aliphatic heterocycles. The van der Waals surface area contributed by atoms with E-state index in [1.807, 2.05) is 48.7 Å². The third-order valence-corrected chi connectivity index (χ3v) is 4.98. The van der Waals surface area contributed by atoms with Gasteiger partial charge in [0.1, 0.15) is 17.3 Å². The molecule has 5 nitrogen and oxygen atoms in total. The van der Waals surface area contributed by atoms with Crippen molar-refractivity contribution in [1.29, 1.82) is 0 Å². The van der Waals surface area contributed by atoms with Crippen LogP contribution in [0.4, 0.5) is 8.78 Å². The van der Waals surface area contributed by atoms with Gasteiger partial charge >= 0.3 is 0 Å². The minimum Gasteiger partial charge on any atom is -0.341 e. The molecule has 2 aromatic heterocycles. The standard InChI is InChI=1S/C24H19F2N3O2/c25-19-10-9-18(21(26)11-19)15-29-14-17(8-4-7-16-5-2-1-3-6-16)20-12-22(24(30)28-31)27-13-23(20)29/h1-6,8-14,31H,7,15H2,(H,28,30)/b8-4+. The molecule has 2 heterocycles. The van der Waals surface area contributed by atoms with Crippen LogP contribution in [0.15, 0.2) is 73.1 Å². The van der Waals surface area contributed by atoms with Crippen LogP contribution < -0.4 is 5.48 Å². The van der Waals surface area contributed by atoms with E-state index in [9.17, 15) is 13.6 Å². The molecule has 0 saturated carbocycles. The summed E-state index contributed by atoms with van der Waals surface area (Å²) < 4.78 is 29.2. The number of carbonyl (C=O) groups excluding carboxylic acids is 1. The predicted molar refractivity (Wildman–Crippen MR) is 114 cm³/mol. The number of amides is 1. The molecule has 0 unspecified atom stereocenters. The molecule has 0 spiro atoms. The maximum atomic E-state index is 14.2. The molecule has 4 aromatic rings. The fourth-order valence-electron chi connectivity index (χ4n) is 3.43. The van der Waals surface area contributed by atoms with E-state index < -0.39 is 17.5 Å². The molecule has 0 bridgehead atoms. The summed E-state index contributed by atoms with van der Waals surface area (Å²) in [5.41, 5.74) is 4.60. The summed E-state index contributed by atoms with van der Waals surface area (Å²) in [5.74, 6) is -1.99. The molecule has 0 atom stereocenters. The van der Waals surface area contributed by atoms with E-state index in [4.69, 9.17) is 5.21 Å². The van der Waals surface area contributed by atoms with E-state index in [2.05, 4.69) is 4.98 Å². The van der Waals surface area contributed by atoms with Crippen molar-refractivity contribution >= 4 is 22.9 Å². The van der Waals surface area contributed by atoms with Gasteiger partial charge < -0.3 is 4.57 Å². The molecule has 2 N–H and O–H groups in total. The van der Waals surface area contributed by atoms with Crippen LogP contribution in [0, 0.1) is 11.6 Å². The normalized spacial score (nSPS) is 11.3. The Labute approximate surface area is 177 Å². The number of rotatable bonds is 6. The minimum atomic E-state index is -0.724. The van der Waals surface area contributed by atoms with Gasteiger partial charge in [0.2, 0.25) is 0 Å². The van der Waals surface area contributed by atoms with Gasteiger partial charge in [0.25, 0.3) is 5.91 Å². The Morgan fingerprint density at radius 2 is 1.94 bits per heavy atom. The Morgan fingerprint density at radius 1 is 1.13 bits per heavy atom. The smallest absolute Gasteiger partial charge is 0.293 e. The van der Waals surface area contributed by atoms with Gasteiger partial charge in [-0.05, 0) is 29.7 Å². The minimum absolute atomic E-state index is 0.0541. The molecule has 0 radical (unpaired) electrons. The van der Waals surface area contributed by atoms with Crippen LogP contribution in [0.3, 0.4) is 0 Å². The number of aromatic nitrogens is 2. The Morgan fingerprint density at radius 3 is 2.68 bits per heavy atom. The van der Waals surface area contributed by atoms with Crippen molar-refractivity contribution in [3.05, 3.63) is 107 Å². The van der Waals surface area contributed by atoms with Crippen molar-refractivity contribution in [2.45, 2.75) is 13.0 Å². The largest absolute Gasteiger partial charge is 0.341 e. The van der Waals surface area contributed by atoms with Crippen LogP contribution >= 0.6 is 0 Å². The molecule has 31 heavy (non-hydrogen) atoms. The molecule has 4 rings (SSSR count). The highest BCUT2D eigenvalue weighted by Gasteiger charge is 2.14. The first kappa shape index (κ1) is 20.4. The van der Waals surface area contributed by atoms with Gasteiger partial charge in [0.05, 0.1) is 18.3 Å². The van der Waals surface area contributed by atoms with Gasteiger partial charge in [0.15, 0.2) is 0 Å². The zero-order valence-electron chi connectivity index (χ0n) is 16.4. The Hall–Kier alpha value is -3.84. The Kier molecular flexibility index (Phi) is 5.86. The van der Waals surface area contributed by atoms with Gasteiger partial charge in [-0.3, -0.25) is 10.0 Å². The van der Waals surface area contributed by atoms with Crippen LogP contribution in [0.2, 0.25) is 0 Å². The highest BCUT2D eigenvalue weighted by Crippen LogP contribution is 2.25. The summed E-state index contributed by atoms with van der Waals surface area (Å²) in [7, 11) is 0. The van der Waals surface area contributed by atoms with Gasteiger partial charge in [-0.15, -0.1) is 0 Å². The van der Waals surface area contributed by atoms with E-state index in [1.165, 1.54) is 18.3 Å². The number of hydrogen-bond acceptors (Lipinski definition) is 3. The number of pyridine rings is 1. The second-order valence-corrected chi connectivity index (χ2v) is 7.07. The average molecular weight is 419 g/mol. The molecule has 0 saturated heterocycles. The summed E-state index contributed by atoms with van der Waals surface area (Å²) >= 11 is 0. The highest BCUT2D eigenvalue weighted by atomic mass is 19.1. The molecule has 0 fully saturated rings. The monoisotopic (exact) mass is 419 g/mol. The first-order chi connectivity index (χ1) is 15.0. The van der Waals surface area contributed by atoms with Crippen molar-refractivity contribution < 1.29 is 18.8 Å². The molecule has 0 aliphatic carbocycles. The number of hydroxylamine groups is 1.